The standard InChI is InChI=1S/C8H10O6/c9-5(3-7(11)12)1-2-6(10)4-8(13)14/h1-2,9-10H,3-4H2,(H,11,12)(H,13,14). The van der Waals surface area contributed by atoms with Crippen molar-refractivity contribution < 1.29 is 30.0 Å². The molecule has 0 aromatic rings. The van der Waals surface area contributed by atoms with Crippen LogP contribution in [0.25, 0.3) is 0 Å². The zero-order valence-corrected chi connectivity index (χ0v) is 7.17. The summed E-state index contributed by atoms with van der Waals surface area (Å²) in [5.74, 6) is -3.36. The molecule has 78 valence electrons. The molecule has 0 heterocycles. The molecule has 4 N–H and O–H groups in total. The van der Waals surface area contributed by atoms with Crippen molar-refractivity contribution in [3.8, 4) is 0 Å². The van der Waals surface area contributed by atoms with E-state index in [1.807, 2.05) is 0 Å². The summed E-state index contributed by atoms with van der Waals surface area (Å²) in [6.07, 6.45) is 0.729. The van der Waals surface area contributed by atoms with Gasteiger partial charge in [0.15, 0.2) is 0 Å². The summed E-state index contributed by atoms with van der Waals surface area (Å²) in [5.41, 5.74) is 0. The van der Waals surface area contributed by atoms with Crippen molar-refractivity contribution in [1.29, 1.82) is 0 Å². The van der Waals surface area contributed by atoms with Crippen molar-refractivity contribution >= 4 is 11.9 Å². The van der Waals surface area contributed by atoms with E-state index in [1.165, 1.54) is 0 Å². The fraction of sp³-hybridized carbons (Fsp3) is 0.250. The highest BCUT2D eigenvalue weighted by atomic mass is 16.4. The molecule has 6 heteroatoms. The molecule has 0 fully saturated rings. The van der Waals surface area contributed by atoms with E-state index in [1.54, 1.807) is 0 Å². The van der Waals surface area contributed by atoms with Crippen LogP contribution in [-0.4, -0.2) is 32.4 Å². The van der Waals surface area contributed by atoms with E-state index in [9.17, 15) is 9.59 Å². The summed E-state index contributed by atoms with van der Waals surface area (Å²) in [5, 5.41) is 34.2. The number of aliphatic carboxylic acids is 2. The van der Waals surface area contributed by atoms with Crippen LogP contribution in [0.2, 0.25) is 0 Å². The molecular formula is C8H10O6. The summed E-state index contributed by atoms with van der Waals surface area (Å²) in [7, 11) is 0. The molecule has 0 amide bonds. The minimum absolute atomic E-state index is 0.463. The molecule has 0 radical (unpaired) electrons. The van der Waals surface area contributed by atoms with E-state index < -0.39 is 36.3 Å². The lowest BCUT2D eigenvalue weighted by Crippen LogP contribution is -1.97. The maximum atomic E-state index is 10.1. The van der Waals surface area contributed by atoms with Gasteiger partial charge in [0.05, 0.1) is 0 Å². The van der Waals surface area contributed by atoms with Crippen molar-refractivity contribution in [2.75, 3.05) is 0 Å². The molecule has 0 atom stereocenters. The number of aliphatic hydroxyl groups excluding tert-OH is 2. The molecule has 0 aromatic heterocycles. The number of rotatable bonds is 5. The Balaban J connectivity index is 4.23. The first-order valence-corrected chi connectivity index (χ1v) is 3.63. The van der Waals surface area contributed by atoms with Gasteiger partial charge in [0, 0.05) is 0 Å². The van der Waals surface area contributed by atoms with Crippen LogP contribution in [0.4, 0.5) is 0 Å². The molecule has 0 rings (SSSR count). The number of carbonyl (C=O) groups is 2. The molecule has 0 saturated heterocycles. The van der Waals surface area contributed by atoms with Gasteiger partial charge in [-0.05, 0) is 12.2 Å². The highest BCUT2D eigenvalue weighted by molar-refractivity contribution is 5.70. The third-order valence-corrected chi connectivity index (χ3v) is 1.13. The van der Waals surface area contributed by atoms with Crippen LogP contribution in [-0.2, 0) is 9.59 Å². The number of hydrogen-bond donors (Lipinski definition) is 4. The maximum Gasteiger partial charge on any atom is 0.311 e. The van der Waals surface area contributed by atoms with Crippen molar-refractivity contribution in [3.05, 3.63) is 23.7 Å². The van der Waals surface area contributed by atoms with Gasteiger partial charge in [-0.3, -0.25) is 9.59 Å². The number of carboxylic acids is 2. The molecule has 0 aliphatic heterocycles. The Bertz CT molecular complexity index is 258. The Morgan fingerprint density at radius 3 is 1.29 bits per heavy atom. The minimum Gasteiger partial charge on any atom is -0.512 e. The largest absolute Gasteiger partial charge is 0.512 e. The van der Waals surface area contributed by atoms with Crippen LogP contribution in [0, 0.1) is 0 Å². The molecule has 0 aromatic carbocycles. The van der Waals surface area contributed by atoms with Crippen molar-refractivity contribution in [1.82, 2.24) is 0 Å². The summed E-state index contributed by atoms with van der Waals surface area (Å²) >= 11 is 0. The van der Waals surface area contributed by atoms with Crippen LogP contribution in [0.15, 0.2) is 23.7 Å². The Labute approximate surface area is 79.4 Å². The van der Waals surface area contributed by atoms with Crippen LogP contribution in [0.5, 0.6) is 0 Å². The molecule has 14 heavy (non-hydrogen) atoms. The Hall–Kier alpha value is -1.98. The number of carboxylic acid groups (broad SMARTS) is 2. The summed E-state index contributed by atoms with van der Waals surface area (Å²) in [6.45, 7) is 0. The average molecular weight is 202 g/mol. The van der Waals surface area contributed by atoms with Crippen LogP contribution >= 0.6 is 0 Å². The maximum absolute atomic E-state index is 10.1. The first-order valence-electron chi connectivity index (χ1n) is 3.63. The van der Waals surface area contributed by atoms with E-state index in [0.29, 0.717) is 0 Å². The van der Waals surface area contributed by atoms with Crippen LogP contribution < -0.4 is 0 Å². The first-order chi connectivity index (χ1) is 6.41. The van der Waals surface area contributed by atoms with Crippen molar-refractivity contribution in [2.24, 2.45) is 0 Å². The molecule has 0 aliphatic carbocycles. The summed E-state index contributed by atoms with van der Waals surface area (Å²) in [4.78, 5) is 20.1. The van der Waals surface area contributed by atoms with Crippen molar-refractivity contribution in [2.45, 2.75) is 12.8 Å². The Kier molecular flexibility index (Phi) is 4.83. The second kappa shape index (κ2) is 5.63. The van der Waals surface area contributed by atoms with E-state index in [4.69, 9.17) is 20.4 Å². The molecule has 0 spiro atoms. The minimum atomic E-state index is -1.22. The highest BCUT2D eigenvalue weighted by Crippen LogP contribution is 2.01. The number of allylic oxidation sites excluding steroid dienone is 2. The average Bonchev–Trinajstić information content (AvgIpc) is 1.98. The van der Waals surface area contributed by atoms with E-state index in [2.05, 4.69) is 0 Å². The normalized spacial score (nSPS) is 12.6. The van der Waals surface area contributed by atoms with Gasteiger partial charge in [-0.2, -0.15) is 0 Å². The lowest BCUT2D eigenvalue weighted by molar-refractivity contribution is -0.137. The molecule has 0 bridgehead atoms. The zero-order valence-electron chi connectivity index (χ0n) is 7.17. The van der Waals surface area contributed by atoms with Crippen molar-refractivity contribution in [3.63, 3.8) is 0 Å². The summed E-state index contributed by atoms with van der Waals surface area (Å²) < 4.78 is 0. The van der Waals surface area contributed by atoms with Gasteiger partial charge >= 0.3 is 11.9 Å². The van der Waals surface area contributed by atoms with Gasteiger partial charge in [-0.1, -0.05) is 0 Å². The van der Waals surface area contributed by atoms with Gasteiger partial charge in [0.1, 0.15) is 24.4 Å². The predicted octanol–water partition coefficient (Wildman–Crippen LogP) is 0.820. The zero-order chi connectivity index (χ0) is 11.1. The molecule has 6 nitrogen and oxygen atoms in total. The highest BCUT2D eigenvalue weighted by Gasteiger charge is 2.02. The van der Waals surface area contributed by atoms with Crippen LogP contribution in [0.3, 0.4) is 0 Å². The molecule has 0 aliphatic rings. The van der Waals surface area contributed by atoms with Gasteiger partial charge in [-0.15, -0.1) is 0 Å². The SMILES string of the molecule is O=C(O)CC(O)=CC=C(O)CC(=O)O. The quantitative estimate of drug-likeness (QED) is 0.387. The second-order valence-electron chi connectivity index (χ2n) is 2.46. The van der Waals surface area contributed by atoms with Gasteiger partial charge in [0.25, 0.3) is 0 Å². The number of aliphatic hydroxyl groups is 2. The van der Waals surface area contributed by atoms with E-state index in [0.717, 1.165) is 12.2 Å². The molecular weight excluding hydrogens is 192 g/mol. The Morgan fingerprint density at radius 1 is 0.786 bits per heavy atom. The monoisotopic (exact) mass is 202 g/mol. The Morgan fingerprint density at radius 2 is 1.07 bits per heavy atom. The van der Waals surface area contributed by atoms with Gasteiger partial charge < -0.3 is 20.4 Å². The number of hydrogen-bond acceptors (Lipinski definition) is 4. The first kappa shape index (κ1) is 12.0. The molecule has 0 unspecified atom stereocenters. The van der Waals surface area contributed by atoms with Crippen LogP contribution in [0.1, 0.15) is 12.8 Å². The predicted molar refractivity (Wildman–Crippen MR) is 45.9 cm³/mol. The smallest absolute Gasteiger partial charge is 0.311 e. The fourth-order valence-corrected chi connectivity index (χ4v) is 0.620. The topological polar surface area (TPSA) is 115 Å². The lowest BCUT2D eigenvalue weighted by atomic mass is 10.3. The summed E-state index contributed by atoms with van der Waals surface area (Å²) in [6, 6.07) is 0. The third kappa shape index (κ3) is 6.71. The second-order valence-corrected chi connectivity index (χ2v) is 2.46. The molecule has 0 saturated carbocycles. The third-order valence-electron chi connectivity index (χ3n) is 1.13. The van der Waals surface area contributed by atoms with Gasteiger partial charge in [0.2, 0.25) is 0 Å². The fourth-order valence-electron chi connectivity index (χ4n) is 0.620. The van der Waals surface area contributed by atoms with E-state index in [-0.39, 0.29) is 0 Å². The van der Waals surface area contributed by atoms with Gasteiger partial charge in [-0.25, -0.2) is 0 Å². The lowest BCUT2D eigenvalue weighted by Gasteiger charge is -1.94. The van der Waals surface area contributed by atoms with E-state index >= 15 is 0 Å².